The zero-order chi connectivity index (χ0) is 23.8. The molecule has 2 aromatic carbocycles. The van der Waals surface area contributed by atoms with Gasteiger partial charge in [0.25, 0.3) is 5.78 Å². The normalized spacial score (nSPS) is 17.5. The Morgan fingerprint density at radius 1 is 1.12 bits per heavy atom. The summed E-state index contributed by atoms with van der Waals surface area (Å²) >= 11 is 2.70. The van der Waals surface area contributed by atoms with E-state index in [4.69, 9.17) is 9.47 Å². The monoisotopic (exact) mass is 492 g/mol. The summed E-state index contributed by atoms with van der Waals surface area (Å²) in [6, 6.07) is 15.1. The predicted octanol–water partition coefficient (Wildman–Crippen LogP) is 5.39. The van der Waals surface area contributed by atoms with Crippen molar-refractivity contribution in [3.8, 4) is 11.5 Å². The number of ether oxygens (including phenoxy) is 2. The van der Waals surface area contributed by atoms with Crippen molar-refractivity contribution in [2.45, 2.75) is 13.0 Å². The van der Waals surface area contributed by atoms with Crippen molar-refractivity contribution in [3.63, 3.8) is 0 Å². The first-order valence-corrected chi connectivity index (χ1v) is 12.2. The minimum absolute atomic E-state index is 0.0356. The number of nitrogens with zero attached hydrogens (tertiary/aromatic N) is 2. The molecule has 1 N–H and O–H groups in total. The van der Waals surface area contributed by atoms with Crippen LogP contribution in [-0.4, -0.2) is 35.5 Å². The standard InChI is InChI=1S/C25H20N2O5S2/c1-3-32-15-8-6-14(7-9-15)22(28)20-21(18-5-4-12-33-18)27(24(30)23(20)29)25-26-17-11-10-16(31-2)13-19(17)34-25/h4-13,21,28H,3H2,1-2H3/b22-20+. The third-order valence-corrected chi connectivity index (χ3v) is 7.43. The highest BCUT2D eigenvalue weighted by Gasteiger charge is 2.48. The number of anilines is 1. The van der Waals surface area contributed by atoms with Crippen LogP contribution in [0, 0.1) is 0 Å². The third-order valence-electron chi connectivity index (χ3n) is 5.49. The minimum Gasteiger partial charge on any atom is -0.507 e. The van der Waals surface area contributed by atoms with E-state index in [0.717, 1.165) is 9.58 Å². The van der Waals surface area contributed by atoms with E-state index in [1.807, 2.05) is 36.6 Å². The molecule has 0 bridgehead atoms. The van der Waals surface area contributed by atoms with Crippen LogP contribution in [0.2, 0.25) is 0 Å². The van der Waals surface area contributed by atoms with Crippen LogP contribution in [0.4, 0.5) is 5.13 Å². The van der Waals surface area contributed by atoms with Gasteiger partial charge in [0.05, 0.1) is 29.5 Å². The average molecular weight is 493 g/mol. The van der Waals surface area contributed by atoms with E-state index in [9.17, 15) is 14.7 Å². The summed E-state index contributed by atoms with van der Waals surface area (Å²) in [5.74, 6) is -0.377. The fourth-order valence-corrected chi connectivity index (χ4v) is 5.74. The fourth-order valence-electron chi connectivity index (χ4n) is 3.90. The van der Waals surface area contributed by atoms with Gasteiger partial charge < -0.3 is 14.6 Å². The lowest BCUT2D eigenvalue weighted by Crippen LogP contribution is -2.28. The first kappa shape index (κ1) is 22.1. The van der Waals surface area contributed by atoms with Crippen LogP contribution < -0.4 is 14.4 Å². The number of aliphatic hydroxyl groups is 1. The molecule has 0 aliphatic carbocycles. The van der Waals surface area contributed by atoms with Gasteiger partial charge in [0, 0.05) is 10.4 Å². The second kappa shape index (κ2) is 8.92. The molecule has 3 heterocycles. The maximum atomic E-state index is 13.3. The number of fused-ring (bicyclic) bond motifs is 1. The summed E-state index contributed by atoms with van der Waals surface area (Å²) in [7, 11) is 1.58. The van der Waals surface area contributed by atoms with Crippen molar-refractivity contribution >= 4 is 55.5 Å². The lowest BCUT2D eigenvalue weighted by molar-refractivity contribution is -0.132. The summed E-state index contributed by atoms with van der Waals surface area (Å²) < 4.78 is 11.6. The number of rotatable bonds is 6. The SMILES string of the molecule is CCOc1ccc(/C(O)=C2\C(=O)C(=O)N(c3nc4ccc(OC)cc4s3)C2c2cccs2)cc1. The molecule has 9 heteroatoms. The van der Waals surface area contributed by atoms with Gasteiger partial charge in [0.2, 0.25) is 0 Å². The molecule has 0 saturated carbocycles. The largest absolute Gasteiger partial charge is 0.507 e. The molecule has 2 aromatic heterocycles. The Kier molecular flexibility index (Phi) is 5.80. The molecule has 0 radical (unpaired) electrons. The number of thiazole rings is 1. The van der Waals surface area contributed by atoms with E-state index in [1.165, 1.54) is 27.6 Å². The highest BCUT2D eigenvalue weighted by Crippen LogP contribution is 2.45. The Hall–Kier alpha value is -3.69. The second-order valence-corrected chi connectivity index (χ2v) is 9.46. The molecule has 5 rings (SSSR count). The number of benzene rings is 2. The van der Waals surface area contributed by atoms with Crippen molar-refractivity contribution in [3.05, 3.63) is 76.0 Å². The quantitative estimate of drug-likeness (QED) is 0.221. The maximum absolute atomic E-state index is 13.3. The van der Waals surface area contributed by atoms with Gasteiger partial charge in [-0.3, -0.25) is 14.5 Å². The van der Waals surface area contributed by atoms with E-state index < -0.39 is 17.7 Å². The number of hydrogen-bond donors (Lipinski definition) is 1. The average Bonchev–Trinajstić information content (AvgIpc) is 3.57. The van der Waals surface area contributed by atoms with E-state index >= 15 is 0 Å². The summed E-state index contributed by atoms with van der Waals surface area (Å²) in [6.07, 6.45) is 0. The Morgan fingerprint density at radius 3 is 2.56 bits per heavy atom. The lowest BCUT2D eigenvalue weighted by atomic mass is 10.00. The van der Waals surface area contributed by atoms with Gasteiger partial charge in [0.1, 0.15) is 23.3 Å². The van der Waals surface area contributed by atoms with Crippen LogP contribution in [0.15, 0.2) is 65.6 Å². The third kappa shape index (κ3) is 3.72. The van der Waals surface area contributed by atoms with Crippen molar-refractivity contribution in [1.29, 1.82) is 0 Å². The smallest absolute Gasteiger partial charge is 0.301 e. The Labute approximate surface area is 203 Å². The van der Waals surface area contributed by atoms with Crippen LogP contribution in [0.25, 0.3) is 16.0 Å². The molecule has 0 spiro atoms. The van der Waals surface area contributed by atoms with Gasteiger partial charge in [-0.25, -0.2) is 4.98 Å². The van der Waals surface area contributed by atoms with E-state index in [-0.39, 0.29) is 11.3 Å². The second-order valence-electron chi connectivity index (χ2n) is 7.47. The minimum atomic E-state index is -0.783. The zero-order valence-corrected chi connectivity index (χ0v) is 20.0. The molecule has 172 valence electrons. The van der Waals surface area contributed by atoms with E-state index in [1.54, 1.807) is 37.4 Å². The lowest BCUT2D eigenvalue weighted by Gasteiger charge is -2.21. The van der Waals surface area contributed by atoms with Crippen LogP contribution in [-0.2, 0) is 9.59 Å². The number of aliphatic hydroxyl groups excluding tert-OH is 1. The molecule has 1 aliphatic heterocycles. The fraction of sp³-hybridized carbons (Fsp3) is 0.160. The van der Waals surface area contributed by atoms with Gasteiger partial charge in [-0.05, 0) is 60.8 Å². The van der Waals surface area contributed by atoms with Crippen molar-refractivity contribution in [2.75, 3.05) is 18.6 Å². The van der Waals surface area contributed by atoms with Gasteiger partial charge >= 0.3 is 5.91 Å². The van der Waals surface area contributed by atoms with E-state index in [0.29, 0.717) is 34.3 Å². The molecular formula is C25H20N2O5S2. The van der Waals surface area contributed by atoms with E-state index in [2.05, 4.69) is 4.98 Å². The molecule has 1 aliphatic rings. The van der Waals surface area contributed by atoms with Crippen molar-refractivity contribution < 1.29 is 24.2 Å². The summed E-state index contributed by atoms with van der Waals surface area (Å²) in [5.41, 5.74) is 1.16. The Morgan fingerprint density at radius 2 is 1.88 bits per heavy atom. The maximum Gasteiger partial charge on any atom is 0.301 e. The van der Waals surface area contributed by atoms with Crippen molar-refractivity contribution in [1.82, 2.24) is 4.98 Å². The number of thiophene rings is 1. The molecule has 1 saturated heterocycles. The zero-order valence-electron chi connectivity index (χ0n) is 18.3. The van der Waals surface area contributed by atoms with Gasteiger partial charge in [-0.15, -0.1) is 11.3 Å². The van der Waals surface area contributed by atoms with Gasteiger partial charge in [-0.1, -0.05) is 17.4 Å². The summed E-state index contributed by atoms with van der Waals surface area (Å²) in [4.78, 5) is 33.2. The number of ketones is 1. The summed E-state index contributed by atoms with van der Waals surface area (Å²) in [5, 5.41) is 13.4. The highest BCUT2D eigenvalue weighted by atomic mass is 32.1. The number of methoxy groups -OCH3 is 1. The van der Waals surface area contributed by atoms with Crippen LogP contribution in [0.5, 0.6) is 11.5 Å². The first-order valence-electron chi connectivity index (χ1n) is 10.5. The number of carbonyl (C=O) groups is 2. The number of hydrogen-bond acceptors (Lipinski definition) is 8. The summed E-state index contributed by atoms with van der Waals surface area (Å²) in [6.45, 7) is 2.40. The molecule has 7 nitrogen and oxygen atoms in total. The molecule has 1 unspecified atom stereocenters. The molecule has 1 atom stereocenters. The predicted molar refractivity (Wildman–Crippen MR) is 133 cm³/mol. The molecular weight excluding hydrogens is 472 g/mol. The van der Waals surface area contributed by atoms with Crippen LogP contribution >= 0.6 is 22.7 Å². The molecule has 1 amide bonds. The van der Waals surface area contributed by atoms with Gasteiger partial charge in [-0.2, -0.15) is 0 Å². The first-order chi connectivity index (χ1) is 16.5. The number of carbonyl (C=O) groups excluding carboxylic acids is 2. The van der Waals surface area contributed by atoms with Gasteiger partial charge in [0.15, 0.2) is 5.13 Å². The Bertz CT molecular complexity index is 1410. The van der Waals surface area contributed by atoms with Crippen LogP contribution in [0.1, 0.15) is 23.4 Å². The van der Waals surface area contributed by atoms with Crippen molar-refractivity contribution in [2.24, 2.45) is 0 Å². The number of aromatic nitrogens is 1. The Balaban J connectivity index is 1.64. The topological polar surface area (TPSA) is 89.0 Å². The highest BCUT2D eigenvalue weighted by molar-refractivity contribution is 7.22. The van der Waals surface area contributed by atoms with Crippen LogP contribution in [0.3, 0.4) is 0 Å². The molecule has 34 heavy (non-hydrogen) atoms. The molecule has 1 fully saturated rings. The molecule has 4 aromatic rings. The number of Topliss-reactive ketones (excluding diaryl/α,β-unsaturated/α-hetero) is 1. The number of amides is 1.